The number of nitrogens with zero attached hydrogens (tertiary/aromatic N) is 1. The second-order valence-electron chi connectivity index (χ2n) is 3.57. The zero-order valence-corrected chi connectivity index (χ0v) is 11.3. The third kappa shape index (κ3) is 3.65. The van der Waals surface area contributed by atoms with Crippen molar-refractivity contribution in [3.05, 3.63) is 60.7 Å². The Kier molecular flexibility index (Phi) is 4.44. The molecule has 0 unspecified atom stereocenters. The molecule has 0 aliphatic carbocycles. The molecule has 92 valence electrons. The van der Waals surface area contributed by atoms with Crippen LogP contribution in [0.5, 0.6) is 0 Å². The lowest BCUT2D eigenvalue weighted by atomic mass is 10.3. The minimum absolute atomic E-state index is 0.405. The minimum Gasteiger partial charge on any atom is -0.278 e. The molecule has 2 rings (SSSR count). The molecule has 0 bridgehead atoms. The monoisotopic (exact) mass is 275 g/mol. The Hall–Kier alpha value is -1.72. The van der Waals surface area contributed by atoms with Crippen LogP contribution in [0.3, 0.4) is 0 Å². The predicted octanol–water partition coefficient (Wildman–Crippen LogP) is 3.56. The molecule has 0 aliphatic rings. The van der Waals surface area contributed by atoms with E-state index in [1.165, 1.54) is 0 Å². The van der Waals surface area contributed by atoms with E-state index in [1.54, 1.807) is 5.12 Å². The lowest BCUT2D eigenvalue weighted by molar-refractivity contribution is 0.619. The largest absolute Gasteiger partial charge is 0.278 e. The van der Waals surface area contributed by atoms with Crippen LogP contribution in [-0.2, 0) is 0 Å². The number of nitrogens with one attached hydrogen (secondary N) is 2. The quantitative estimate of drug-likeness (QED) is 0.452. The van der Waals surface area contributed by atoms with E-state index in [4.69, 9.17) is 12.2 Å². The highest BCUT2D eigenvalue weighted by molar-refractivity contribution is 8.10. The van der Waals surface area contributed by atoms with Gasteiger partial charge in [-0.1, -0.05) is 36.4 Å². The van der Waals surface area contributed by atoms with E-state index in [1.807, 2.05) is 60.7 Å². The maximum atomic E-state index is 5.08. The van der Waals surface area contributed by atoms with Crippen LogP contribution in [0.2, 0.25) is 0 Å². The number of hydrazine groups is 2. The Balaban J connectivity index is 2.08. The first-order valence-corrected chi connectivity index (χ1v) is 6.28. The Labute approximate surface area is 117 Å². The third-order valence-corrected chi connectivity index (χ3v) is 2.60. The first-order chi connectivity index (χ1) is 8.75. The van der Waals surface area contributed by atoms with Gasteiger partial charge in [-0.3, -0.25) is 10.9 Å². The van der Waals surface area contributed by atoms with Gasteiger partial charge in [0.15, 0.2) is 4.32 Å². The topological polar surface area (TPSA) is 27.3 Å². The van der Waals surface area contributed by atoms with Crippen molar-refractivity contribution in [1.29, 1.82) is 0 Å². The molecule has 0 aromatic heterocycles. The summed E-state index contributed by atoms with van der Waals surface area (Å²) in [5, 5.41) is 1.59. The van der Waals surface area contributed by atoms with E-state index < -0.39 is 0 Å². The normalized spacial score (nSPS) is 9.61. The molecule has 0 heterocycles. The molecule has 2 aromatic carbocycles. The highest BCUT2D eigenvalue weighted by Gasteiger charge is 2.05. The third-order valence-electron chi connectivity index (χ3n) is 2.22. The molecule has 0 aliphatic heterocycles. The average molecular weight is 275 g/mol. The van der Waals surface area contributed by atoms with Crippen molar-refractivity contribution in [3.63, 3.8) is 0 Å². The fourth-order valence-electron chi connectivity index (χ4n) is 1.41. The smallest absolute Gasteiger partial charge is 0.174 e. The van der Waals surface area contributed by atoms with Gasteiger partial charge in [-0.05, 0) is 36.5 Å². The summed E-state index contributed by atoms with van der Waals surface area (Å²) in [5.74, 6) is 0. The summed E-state index contributed by atoms with van der Waals surface area (Å²) in [5.41, 5.74) is 8.12. The van der Waals surface area contributed by atoms with Crippen molar-refractivity contribution < 1.29 is 0 Å². The fourth-order valence-corrected chi connectivity index (χ4v) is 1.60. The highest BCUT2D eigenvalue weighted by Crippen LogP contribution is 2.12. The number of rotatable bonds is 4. The van der Waals surface area contributed by atoms with Gasteiger partial charge in [0, 0.05) is 0 Å². The maximum Gasteiger partial charge on any atom is 0.174 e. The zero-order chi connectivity index (χ0) is 12.8. The Morgan fingerprint density at radius 1 is 0.833 bits per heavy atom. The summed E-state index contributed by atoms with van der Waals surface area (Å²) >= 11 is 9.27. The molecule has 0 amide bonds. The zero-order valence-electron chi connectivity index (χ0n) is 9.58. The standard InChI is InChI=1S/C13H13N3S2/c17-13(18)16(14-11-7-3-1-4-8-11)15-12-9-5-2-6-10-12/h1-10,14-15H,(H,17,18). The molecule has 2 N–H and O–H groups in total. The number of hydrogen-bond donors (Lipinski definition) is 3. The molecule has 3 nitrogen and oxygen atoms in total. The van der Waals surface area contributed by atoms with Gasteiger partial charge in [0.2, 0.25) is 0 Å². The van der Waals surface area contributed by atoms with Gasteiger partial charge in [-0.2, -0.15) is 5.12 Å². The molecular weight excluding hydrogens is 262 g/mol. The van der Waals surface area contributed by atoms with E-state index in [0.29, 0.717) is 4.32 Å². The molecule has 18 heavy (non-hydrogen) atoms. The Morgan fingerprint density at radius 3 is 1.56 bits per heavy atom. The van der Waals surface area contributed by atoms with E-state index in [9.17, 15) is 0 Å². The van der Waals surface area contributed by atoms with Crippen LogP contribution in [0.4, 0.5) is 11.4 Å². The van der Waals surface area contributed by atoms with Gasteiger partial charge in [0.1, 0.15) is 0 Å². The van der Waals surface area contributed by atoms with Crippen LogP contribution < -0.4 is 10.9 Å². The Morgan fingerprint density at radius 2 is 1.22 bits per heavy atom. The number of para-hydroxylation sites is 2. The van der Waals surface area contributed by atoms with Crippen LogP contribution >= 0.6 is 24.8 Å². The molecule has 0 fully saturated rings. The molecule has 0 spiro atoms. The number of benzene rings is 2. The van der Waals surface area contributed by atoms with E-state index in [2.05, 4.69) is 23.5 Å². The van der Waals surface area contributed by atoms with Crippen LogP contribution in [-0.4, -0.2) is 9.44 Å². The minimum atomic E-state index is 0.405. The van der Waals surface area contributed by atoms with Crippen molar-refractivity contribution in [1.82, 2.24) is 5.12 Å². The summed E-state index contributed by atoms with van der Waals surface area (Å²) in [4.78, 5) is 0. The second-order valence-corrected chi connectivity index (χ2v) is 4.69. The number of anilines is 2. The van der Waals surface area contributed by atoms with E-state index >= 15 is 0 Å². The molecule has 0 saturated heterocycles. The molecular formula is C13H13N3S2. The van der Waals surface area contributed by atoms with Crippen LogP contribution in [0.25, 0.3) is 0 Å². The molecule has 2 aromatic rings. The van der Waals surface area contributed by atoms with Crippen molar-refractivity contribution >= 4 is 40.5 Å². The SMILES string of the molecule is S=C(S)N(Nc1ccccc1)Nc1ccccc1. The van der Waals surface area contributed by atoms with Crippen molar-refractivity contribution in [2.45, 2.75) is 0 Å². The van der Waals surface area contributed by atoms with Crippen molar-refractivity contribution in [2.24, 2.45) is 0 Å². The molecule has 0 saturated carbocycles. The summed E-state index contributed by atoms with van der Waals surface area (Å²) in [6.45, 7) is 0. The van der Waals surface area contributed by atoms with E-state index in [0.717, 1.165) is 11.4 Å². The number of thiocarbonyl (C=S) groups is 1. The molecule has 0 radical (unpaired) electrons. The summed E-state index contributed by atoms with van der Waals surface area (Å²) in [7, 11) is 0. The van der Waals surface area contributed by atoms with Crippen LogP contribution in [0, 0.1) is 0 Å². The predicted molar refractivity (Wildman–Crippen MR) is 83.6 cm³/mol. The number of hydrogen-bond acceptors (Lipinski definition) is 3. The first kappa shape index (κ1) is 12.7. The lowest BCUT2D eigenvalue weighted by Crippen LogP contribution is -2.37. The summed E-state index contributed by atoms with van der Waals surface area (Å²) < 4.78 is 0.405. The van der Waals surface area contributed by atoms with Gasteiger partial charge in [-0.25, -0.2) is 0 Å². The van der Waals surface area contributed by atoms with Gasteiger partial charge in [0.25, 0.3) is 0 Å². The Bertz CT molecular complexity index is 461. The molecule has 5 heteroatoms. The lowest BCUT2D eigenvalue weighted by Gasteiger charge is -2.25. The van der Waals surface area contributed by atoms with Crippen LogP contribution in [0.15, 0.2) is 60.7 Å². The first-order valence-electron chi connectivity index (χ1n) is 5.42. The number of thiol groups is 1. The fraction of sp³-hybridized carbons (Fsp3) is 0. The second kappa shape index (κ2) is 6.28. The van der Waals surface area contributed by atoms with Crippen LogP contribution in [0.1, 0.15) is 0 Å². The van der Waals surface area contributed by atoms with E-state index in [-0.39, 0.29) is 0 Å². The van der Waals surface area contributed by atoms with Gasteiger partial charge >= 0.3 is 0 Å². The summed E-state index contributed by atoms with van der Waals surface area (Å²) in [6, 6.07) is 19.5. The van der Waals surface area contributed by atoms with Crippen molar-refractivity contribution in [3.8, 4) is 0 Å². The van der Waals surface area contributed by atoms with Crippen molar-refractivity contribution in [2.75, 3.05) is 10.9 Å². The highest BCUT2D eigenvalue weighted by atomic mass is 32.1. The summed E-state index contributed by atoms with van der Waals surface area (Å²) in [6.07, 6.45) is 0. The molecule has 0 atom stereocenters. The average Bonchev–Trinajstić information content (AvgIpc) is 2.40. The van der Waals surface area contributed by atoms with Gasteiger partial charge in [-0.15, -0.1) is 12.6 Å². The van der Waals surface area contributed by atoms with Gasteiger partial charge < -0.3 is 0 Å². The van der Waals surface area contributed by atoms with Gasteiger partial charge in [0.05, 0.1) is 11.4 Å². The maximum absolute atomic E-state index is 5.08.